The molecular formula is C16H19NO3. The second-order valence-electron chi connectivity index (χ2n) is 5.80. The third kappa shape index (κ3) is 1.95. The number of carbonyl (C=O) groups is 2. The van der Waals surface area contributed by atoms with E-state index in [4.69, 9.17) is 0 Å². The highest BCUT2D eigenvalue weighted by molar-refractivity contribution is 6.07. The molecule has 3 rings (SSSR count). The van der Waals surface area contributed by atoms with Gasteiger partial charge in [0.1, 0.15) is 0 Å². The smallest absolute Gasteiger partial charge is 0.260 e. The minimum Gasteiger partial charge on any atom is -0.392 e. The summed E-state index contributed by atoms with van der Waals surface area (Å²) in [5, 5.41) is 10.2. The van der Waals surface area contributed by atoms with Crippen LogP contribution in [0.3, 0.4) is 0 Å². The van der Waals surface area contributed by atoms with Crippen molar-refractivity contribution in [2.45, 2.75) is 38.2 Å². The van der Waals surface area contributed by atoms with Gasteiger partial charge in [0, 0.05) is 12.1 Å². The Balaban J connectivity index is 1.84. The molecule has 1 saturated heterocycles. The molecule has 1 aromatic carbocycles. The van der Waals surface area contributed by atoms with E-state index in [0.717, 1.165) is 12.8 Å². The lowest BCUT2D eigenvalue weighted by molar-refractivity contribution is -0.142. The Labute approximate surface area is 118 Å². The van der Waals surface area contributed by atoms with Crippen LogP contribution in [-0.2, 0) is 4.79 Å². The van der Waals surface area contributed by atoms with Gasteiger partial charge in [0.15, 0.2) is 0 Å². The summed E-state index contributed by atoms with van der Waals surface area (Å²) in [4.78, 5) is 26.4. The quantitative estimate of drug-likeness (QED) is 0.796. The number of nitrogens with zero attached hydrogens (tertiary/aromatic N) is 1. The zero-order valence-corrected chi connectivity index (χ0v) is 11.4. The summed E-state index contributed by atoms with van der Waals surface area (Å²) in [6.07, 6.45) is 3.27. The molecule has 0 aromatic heterocycles. The molecule has 106 valence electrons. The van der Waals surface area contributed by atoms with Gasteiger partial charge in [0.2, 0.25) is 5.91 Å². The van der Waals surface area contributed by atoms with Gasteiger partial charge in [-0.15, -0.1) is 0 Å². The average molecular weight is 273 g/mol. The van der Waals surface area contributed by atoms with Crippen LogP contribution in [0, 0.1) is 5.41 Å². The zero-order valence-electron chi connectivity index (χ0n) is 11.4. The Morgan fingerprint density at radius 1 is 1.20 bits per heavy atom. The first-order valence-corrected chi connectivity index (χ1v) is 7.24. The Morgan fingerprint density at radius 3 is 2.65 bits per heavy atom. The van der Waals surface area contributed by atoms with Crippen LogP contribution in [0.4, 0.5) is 0 Å². The van der Waals surface area contributed by atoms with Gasteiger partial charge >= 0.3 is 0 Å². The van der Waals surface area contributed by atoms with Gasteiger partial charge in [0.05, 0.1) is 11.5 Å². The van der Waals surface area contributed by atoms with E-state index in [1.54, 1.807) is 24.3 Å². The summed E-state index contributed by atoms with van der Waals surface area (Å²) in [7, 11) is 0. The van der Waals surface area contributed by atoms with Crippen LogP contribution in [0.5, 0.6) is 0 Å². The third-order valence-corrected chi connectivity index (χ3v) is 4.71. The molecule has 2 atom stereocenters. The van der Waals surface area contributed by atoms with E-state index in [9.17, 15) is 14.7 Å². The normalized spacial score (nSPS) is 29.9. The van der Waals surface area contributed by atoms with Gasteiger partial charge in [-0.25, -0.2) is 0 Å². The average Bonchev–Trinajstić information content (AvgIpc) is 2.81. The standard InChI is InChI=1S/C16H19NO3/c18-13-8-4-5-9-16(13)10-11-17(15(16)20)14(19)12-6-2-1-3-7-12/h1-3,6-7,13,18H,4-5,8-11H2/t13-,16+/m0/s1. The van der Waals surface area contributed by atoms with Crippen LogP contribution in [0.25, 0.3) is 0 Å². The van der Waals surface area contributed by atoms with Crippen LogP contribution in [0.2, 0.25) is 0 Å². The molecule has 0 unspecified atom stereocenters. The molecule has 0 radical (unpaired) electrons. The van der Waals surface area contributed by atoms with E-state index in [1.165, 1.54) is 4.90 Å². The molecule has 2 fully saturated rings. The summed E-state index contributed by atoms with van der Waals surface area (Å²) in [6, 6.07) is 8.86. The predicted molar refractivity (Wildman–Crippen MR) is 74.0 cm³/mol. The number of amides is 2. The van der Waals surface area contributed by atoms with Crippen molar-refractivity contribution in [3.8, 4) is 0 Å². The maximum absolute atomic E-state index is 12.7. The minimum atomic E-state index is -0.706. The first-order chi connectivity index (χ1) is 9.65. The Morgan fingerprint density at radius 2 is 1.95 bits per heavy atom. The number of hydrogen-bond acceptors (Lipinski definition) is 3. The van der Waals surface area contributed by atoms with E-state index < -0.39 is 11.5 Å². The first-order valence-electron chi connectivity index (χ1n) is 7.24. The third-order valence-electron chi connectivity index (χ3n) is 4.71. The Hall–Kier alpha value is -1.68. The van der Waals surface area contributed by atoms with Crippen molar-refractivity contribution < 1.29 is 14.7 Å². The van der Waals surface area contributed by atoms with Crippen LogP contribution >= 0.6 is 0 Å². The molecule has 4 heteroatoms. The molecule has 0 bridgehead atoms. The fourth-order valence-corrected chi connectivity index (χ4v) is 3.48. The van der Waals surface area contributed by atoms with Crippen LogP contribution in [0.1, 0.15) is 42.5 Å². The molecule has 1 aliphatic heterocycles. The summed E-state index contributed by atoms with van der Waals surface area (Å²) in [5.41, 5.74) is -0.175. The van der Waals surface area contributed by atoms with Gasteiger partial charge in [0.25, 0.3) is 5.91 Å². The molecule has 2 amide bonds. The van der Waals surface area contributed by atoms with Crippen LogP contribution < -0.4 is 0 Å². The zero-order chi connectivity index (χ0) is 14.2. The van der Waals surface area contributed by atoms with Crippen molar-refractivity contribution >= 4 is 11.8 Å². The van der Waals surface area contributed by atoms with Crippen molar-refractivity contribution in [3.63, 3.8) is 0 Å². The number of aliphatic hydroxyl groups excluding tert-OH is 1. The maximum atomic E-state index is 12.7. The van der Waals surface area contributed by atoms with E-state index in [2.05, 4.69) is 0 Å². The summed E-state index contributed by atoms with van der Waals surface area (Å²) >= 11 is 0. The van der Waals surface area contributed by atoms with Crippen molar-refractivity contribution in [2.24, 2.45) is 5.41 Å². The predicted octanol–water partition coefficient (Wildman–Crippen LogP) is 1.98. The van der Waals surface area contributed by atoms with Crippen molar-refractivity contribution in [3.05, 3.63) is 35.9 Å². The maximum Gasteiger partial charge on any atom is 0.260 e. The first kappa shape index (κ1) is 13.3. The Bertz CT molecular complexity index is 528. The minimum absolute atomic E-state index is 0.182. The molecule has 20 heavy (non-hydrogen) atoms. The van der Waals surface area contributed by atoms with E-state index in [0.29, 0.717) is 31.4 Å². The van der Waals surface area contributed by atoms with Gasteiger partial charge in [-0.1, -0.05) is 31.0 Å². The van der Waals surface area contributed by atoms with Crippen LogP contribution in [0.15, 0.2) is 30.3 Å². The number of aliphatic hydroxyl groups is 1. The summed E-state index contributed by atoms with van der Waals surface area (Å²) in [5.74, 6) is -0.427. The van der Waals surface area contributed by atoms with Crippen LogP contribution in [-0.4, -0.2) is 34.5 Å². The molecule has 1 heterocycles. The largest absolute Gasteiger partial charge is 0.392 e. The number of benzene rings is 1. The van der Waals surface area contributed by atoms with Gasteiger partial charge in [-0.05, 0) is 31.4 Å². The fraction of sp³-hybridized carbons (Fsp3) is 0.500. The lowest BCUT2D eigenvalue weighted by Crippen LogP contribution is -2.46. The van der Waals surface area contributed by atoms with E-state index >= 15 is 0 Å². The number of likely N-dealkylation sites (tertiary alicyclic amines) is 1. The SMILES string of the molecule is O=C(c1ccccc1)N1CC[C@@]2(CCCC[C@@H]2O)C1=O. The number of hydrogen-bond donors (Lipinski definition) is 1. The molecule has 1 N–H and O–H groups in total. The fourth-order valence-electron chi connectivity index (χ4n) is 3.48. The number of carbonyl (C=O) groups excluding carboxylic acids is 2. The lowest BCUT2D eigenvalue weighted by Gasteiger charge is -2.36. The second kappa shape index (κ2) is 5.02. The molecule has 1 aromatic rings. The highest BCUT2D eigenvalue weighted by Crippen LogP contribution is 2.45. The molecular weight excluding hydrogens is 254 g/mol. The molecule has 4 nitrogen and oxygen atoms in total. The van der Waals surface area contributed by atoms with Crippen molar-refractivity contribution in [2.75, 3.05) is 6.54 Å². The highest BCUT2D eigenvalue weighted by atomic mass is 16.3. The summed E-state index contributed by atoms with van der Waals surface area (Å²) in [6.45, 7) is 0.420. The number of imide groups is 1. The van der Waals surface area contributed by atoms with Crippen molar-refractivity contribution in [1.29, 1.82) is 0 Å². The van der Waals surface area contributed by atoms with Gasteiger partial charge in [-0.3, -0.25) is 14.5 Å². The van der Waals surface area contributed by atoms with Gasteiger partial charge in [-0.2, -0.15) is 0 Å². The van der Waals surface area contributed by atoms with E-state index in [1.807, 2.05) is 6.07 Å². The topological polar surface area (TPSA) is 57.6 Å². The van der Waals surface area contributed by atoms with Crippen molar-refractivity contribution in [1.82, 2.24) is 4.90 Å². The molecule has 2 aliphatic rings. The molecule has 1 aliphatic carbocycles. The molecule has 1 saturated carbocycles. The molecule has 1 spiro atoms. The summed E-state index contributed by atoms with van der Waals surface area (Å²) < 4.78 is 0. The number of rotatable bonds is 1. The Kier molecular flexibility index (Phi) is 3.34. The van der Waals surface area contributed by atoms with E-state index in [-0.39, 0.29) is 11.8 Å². The van der Waals surface area contributed by atoms with Gasteiger partial charge < -0.3 is 5.11 Å². The highest BCUT2D eigenvalue weighted by Gasteiger charge is 2.53. The second-order valence-corrected chi connectivity index (χ2v) is 5.80. The monoisotopic (exact) mass is 273 g/mol. The lowest BCUT2D eigenvalue weighted by atomic mass is 9.71.